The number of hydrogen-bond acceptors (Lipinski definition) is 3. The van der Waals surface area contributed by atoms with Crippen molar-refractivity contribution in [3.05, 3.63) is 36.4 Å². The molecule has 0 unspecified atom stereocenters. The van der Waals surface area contributed by atoms with E-state index in [1.807, 2.05) is 0 Å². The van der Waals surface area contributed by atoms with Gasteiger partial charge in [0.05, 0.1) is 0 Å². The second-order valence-electron chi connectivity index (χ2n) is 5.53. The third-order valence-corrected chi connectivity index (χ3v) is 2.23. The van der Waals surface area contributed by atoms with E-state index in [4.69, 9.17) is 4.74 Å². The second kappa shape index (κ2) is 6.72. The van der Waals surface area contributed by atoms with Gasteiger partial charge < -0.3 is 9.47 Å². The number of hydrogen-bond donors (Lipinski definition) is 1. The highest BCUT2D eigenvalue weighted by Gasteiger charge is 2.31. The third kappa shape index (κ3) is 7.01. The predicted molar refractivity (Wildman–Crippen MR) is 76.9 cm³/mol. The van der Waals surface area contributed by atoms with Gasteiger partial charge in [0.2, 0.25) is 0 Å². The van der Waals surface area contributed by atoms with E-state index in [1.165, 1.54) is 18.2 Å². The highest BCUT2D eigenvalue weighted by atomic mass is 19.4. The van der Waals surface area contributed by atoms with Crippen molar-refractivity contribution in [2.75, 3.05) is 5.32 Å². The van der Waals surface area contributed by atoms with Crippen molar-refractivity contribution in [3.63, 3.8) is 0 Å². The SMILES string of the molecule is C=CCc1cc(NC(=O)OC(C)(C)C)cc(OC(F)(F)F)c1. The summed E-state index contributed by atoms with van der Waals surface area (Å²) in [7, 11) is 0. The highest BCUT2D eigenvalue weighted by Crippen LogP contribution is 2.27. The minimum absolute atomic E-state index is 0.146. The lowest BCUT2D eigenvalue weighted by molar-refractivity contribution is -0.274. The molecule has 0 aliphatic rings. The first-order valence-electron chi connectivity index (χ1n) is 6.49. The fraction of sp³-hybridized carbons (Fsp3) is 0.400. The number of benzene rings is 1. The Bertz CT molecular complexity index is 548. The van der Waals surface area contributed by atoms with Gasteiger partial charge in [0.15, 0.2) is 0 Å². The molecule has 7 heteroatoms. The fourth-order valence-electron chi connectivity index (χ4n) is 1.63. The molecule has 4 nitrogen and oxygen atoms in total. The third-order valence-electron chi connectivity index (χ3n) is 2.23. The molecule has 0 aliphatic heterocycles. The van der Waals surface area contributed by atoms with Crippen molar-refractivity contribution in [2.45, 2.75) is 39.2 Å². The van der Waals surface area contributed by atoms with Crippen molar-refractivity contribution < 1.29 is 27.4 Å². The van der Waals surface area contributed by atoms with E-state index >= 15 is 0 Å². The fourth-order valence-corrected chi connectivity index (χ4v) is 1.63. The van der Waals surface area contributed by atoms with Gasteiger partial charge in [-0.1, -0.05) is 6.08 Å². The largest absolute Gasteiger partial charge is 0.573 e. The number of nitrogens with one attached hydrogen (secondary N) is 1. The molecule has 1 N–H and O–H groups in total. The first kappa shape index (κ1) is 17.9. The number of amides is 1. The van der Waals surface area contributed by atoms with Gasteiger partial charge in [-0.25, -0.2) is 4.79 Å². The second-order valence-corrected chi connectivity index (χ2v) is 5.53. The maximum Gasteiger partial charge on any atom is 0.573 e. The summed E-state index contributed by atoms with van der Waals surface area (Å²) in [4.78, 5) is 11.7. The van der Waals surface area contributed by atoms with Crippen molar-refractivity contribution in [1.29, 1.82) is 0 Å². The normalized spacial score (nSPS) is 11.7. The molecule has 22 heavy (non-hydrogen) atoms. The lowest BCUT2D eigenvalue weighted by atomic mass is 10.1. The van der Waals surface area contributed by atoms with Crippen LogP contribution < -0.4 is 10.1 Å². The summed E-state index contributed by atoms with van der Waals surface area (Å²) >= 11 is 0. The zero-order chi connectivity index (χ0) is 17.0. The molecule has 0 fully saturated rings. The van der Waals surface area contributed by atoms with Gasteiger partial charge in [-0.05, 0) is 44.9 Å². The van der Waals surface area contributed by atoms with Gasteiger partial charge in [-0.3, -0.25) is 5.32 Å². The van der Waals surface area contributed by atoms with Gasteiger partial charge >= 0.3 is 12.5 Å². The molecule has 0 aromatic heterocycles. The summed E-state index contributed by atoms with van der Waals surface area (Å²) in [6, 6.07) is 3.83. The smallest absolute Gasteiger partial charge is 0.444 e. The first-order chi connectivity index (χ1) is 9.98. The van der Waals surface area contributed by atoms with Crippen molar-refractivity contribution in [3.8, 4) is 5.75 Å². The Kier molecular flexibility index (Phi) is 5.46. The van der Waals surface area contributed by atoms with Crippen LogP contribution in [0.3, 0.4) is 0 Å². The Morgan fingerprint density at radius 1 is 1.27 bits per heavy atom. The molecule has 0 spiro atoms. The summed E-state index contributed by atoms with van der Waals surface area (Å²) in [6.07, 6.45) is -3.71. The number of allylic oxidation sites excluding steroid dienone is 1. The molecule has 0 saturated heterocycles. The Hall–Kier alpha value is -2.18. The van der Waals surface area contributed by atoms with Crippen molar-refractivity contribution >= 4 is 11.8 Å². The Morgan fingerprint density at radius 2 is 1.91 bits per heavy atom. The van der Waals surface area contributed by atoms with Gasteiger partial charge in [0.1, 0.15) is 11.4 Å². The van der Waals surface area contributed by atoms with Crippen LogP contribution in [0, 0.1) is 0 Å². The van der Waals surface area contributed by atoms with Crippen LogP contribution in [0.5, 0.6) is 5.75 Å². The van der Waals surface area contributed by atoms with E-state index in [2.05, 4.69) is 16.6 Å². The molecule has 0 bridgehead atoms. The molecule has 1 amide bonds. The molecule has 1 aromatic rings. The zero-order valence-corrected chi connectivity index (χ0v) is 12.6. The molecule has 0 atom stereocenters. The monoisotopic (exact) mass is 317 g/mol. The van der Waals surface area contributed by atoms with E-state index in [1.54, 1.807) is 20.8 Å². The average molecular weight is 317 g/mol. The Balaban J connectivity index is 2.97. The maximum atomic E-state index is 12.3. The minimum Gasteiger partial charge on any atom is -0.444 e. The molecule has 1 aromatic carbocycles. The number of halogens is 3. The van der Waals surface area contributed by atoms with Crippen molar-refractivity contribution in [1.82, 2.24) is 0 Å². The van der Waals surface area contributed by atoms with Crippen LogP contribution in [0.4, 0.5) is 23.7 Å². The summed E-state index contributed by atoms with van der Waals surface area (Å²) < 4.78 is 45.9. The van der Waals surface area contributed by atoms with Crippen molar-refractivity contribution in [2.24, 2.45) is 0 Å². The van der Waals surface area contributed by atoms with Gasteiger partial charge in [0.25, 0.3) is 0 Å². The van der Waals surface area contributed by atoms with E-state index in [-0.39, 0.29) is 5.69 Å². The quantitative estimate of drug-likeness (QED) is 0.822. The van der Waals surface area contributed by atoms with E-state index in [9.17, 15) is 18.0 Å². The number of alkyl halides is 3. The van der Waals surface area contributed by atoms with E-state index < -0.39 is 23.8 Å². The highest BCUT2D eigenvalue weighted by molar-refractivity contribution is 5.85. The standard InChI is InChI=1S/C15H18F3NO3/c1-5-6-10-7-11(19-13(20)22-14(2,3)4)9-12(8-10)21-15(16,17)18/h5,7-9H,1,6H2,2-4H3,(H,19,20). The Morgan fingerprint density at radius 3 is 2.41 bits per heavy atom. The number of ether oxygens (including phenoxy) is 2. The zero-order valence-electron chi connectivity index (χ0n) is 12.6. The number of carbonyl (C=O) groups excluding carboxylic acids is 1. The van der Waals surface area contributed by atoms with Crippen LogP contribution in [-0.4, -0.2) is 18.1 Å². The predicted octanol–water partition coefficient (Wildman–Crippen LogP) is 4.66. The lowest BCUT2D eigenvalue weighted by Crippen LogP contribution is -2.27. The summed E-state index contributed by atoms with van der Waals surface area (Å²) in [5, 5.41) is 2.38. The number of carbonyl (C=O) groups is 1. The molecule has 0 aliphatic carbocycles. The summed E-state index contributed by atoms with van der Waals surface area (Å²) in [6.45, 7) is 8.56. The number of anilines is 1. The Labute approximate surface area is 126 Å². The lowest BCUT2D eigenvalue weighted by Gasteiger charge is -2.20. The average Bonchev–Trinajstić information content (AvgIpc) is 2.22. The maximum absolute atomic E-state index is 12.3. The molecular formula is C15H18F3NO3. The van der Waals surface area contributed by atoms with Crippen LogP contribution in [0.15, 0.2) is 30.9 Å². The molecular weight excluding hydrogens is 299 g/mol. The summed E-state index contributed by atoms with van der Waals surface area (Å²) in [5.41, 5.74) is -0.0515. The molecule has 0 heterocycles. The molecule has 122 valence electrons. The van der Waals surface area contributed by atoms with Crippen LogP contribution in [0.1, 0.15) is 26.3 Å². The summed E-state index contributed by atoms with van der Waals surface area (Å²) in [5.74, 6) is -0.419. The van der Waals surface area contributed by atoms with Crippen LogP contribution in [0.2, 0.25) is 0 Å². The molecule has 0 radical (unpaired) electrons. The van der Waals surface area contributed by atoms with Gasteiger partial charge in [-0.15, -0.1) is 19.8 Å². The van der Waals surface area contributed by atoms with Gasteiger partial charge in [-0.2, -0.15) is 0 Å². The van der Waals surface area contributed by atoms with Gasteiger partial charge in [0, 0.05) is 11.8 Å². The number of rotatable bonds is 4. The van der Waals surface area contributed by atoms with E-state index in [0.29, 0.717) is 12.0 Å². The molecule has 1 rings (SSSR count). The molecule has 0 saturated carbocycles. The topological polar surface area (TPSA) is 47.6 Å². The first-order valence-corrected chi connectivity index (χ1v) is 6.49. The van der Waals surface area contributed by atoms with Crippen LogP contribution in [0.25, 0.3) is 0 Å². The minimum atomic E-state index is -4.81. The van der Waals surface area contributed by atoms with Crippen LogP contribution in [-0.2, 0) is 11.2 Å². The van der Waals surface area contributed by atoms with Crippen LogP contribution >= 0.6 is 0 Å². The van der Waals surface area contributed by atoms with E-state index in [0.717, 1.165) is 6.07 Å².